The Kier molecular flexibility index (Phi) is 7.15. The van der Waals surface area contributed by atoms with Gasteiger partial charge >= 0.3 is 0 Å². The van der Waals surface area contributed by atoms with Gasteiger partial charge in [-0.25, -0.2) is 8.42 Å². The van der Waals surface area contributed by atoms with Crippen LogP contribution in [0.5, 0.6) is 0 Å². The molecule has 1 aliphatic heterocycles. The number of para-hydroxylation sites is 1. The molecule has 1 N–H and O–H groups in total. The predicted octanol–water partition coefficient (Wildman–Crippen LogP) is 4.96. The number of carbonyl (C=O) groups excluding carboxylic acids is 1. The van der Waals surface area contributed by atoms with Gasteiger partial charge in [0, 0.05) is 54.9 Å². The zero-order valence-corrected chi connectivity index (χ0v) is 22.0. The third-order valence-electron chi connectivity index (χ3n) is 6.56. The molecular formula is C28H27ClN4O3S. The average Bonchev–Trinajstić information content (AvgIpc) is 2.89. The van der Waals surface area contributed by atoms with Crippen LogP contribution >= 0.6 is 11.6 Å². The van der Waals surface area contributed by atoms with Crippen molar-refractivity contribution in [2.24, 2.45) is 0 Å². The second-order valence-electron chi connectivity index (χ2n) is 9.16. The maximum Gasteiger partial charge on any atom is 0.264 e. The van der Waals surface area contributed by atoms with Gasteiger partial charge in [0.25, 0.3) is 15.9 Å². The Labute approximate surface area is 221 Å². The van der Waals surface area contributed by atoms with Gasteiger partial charge in [0.15, 0.2) is 0 Å². The minimum atomic E-state index is -3.87. The van der Waals surface area contributed by atoms with E-state index in [1.54, 1.807) is 43.5 Å². The van der Waals surface area contributed by atoms with Crippen molar-refractivity contribution in [1.82, 2.24) is 14.8 Å². The molecule has 1 aromatic heterocycles. The second kappa shape index (κ2) is 10.5. The highest BCUT2D eigenvalue weighted by molar-refractivity contribution is 7.93. The molecule has 37 heavy (non-hydrogen) atoms. The molecule has 0 spiro atoms. The number of aryl methyl sites for hydroxylation is 1. The lowest BCUT2D eigenvalue weighted by Crippen LogP contribution is -2.48. The first kappa shape index (κ1) is 25.2. The van der Waals surface area contributed by atoms with Crippen molar-refractivity contribution in [3.63, 3.8) is 0 Å². The van der Waals surface area contributed by atoms with Gasteiger partial charge < -0.3 is 4.90 Å². The van der Waals surface area contributed by atoms with Crippen LogP contribution in [0.2, 0.25) is 5.02 Å². The number of anilines is 1. The van der Waals surface area contributed by atoms with Crippen LogP contribution in [0.4, 0.5) is 5.69 Å². The molecule has 190 valence electrons. The number of hydrogen-bond acceptors (Lipinski definition) is 5. The highest BCUT2D eigenvalue weighted by atomic mass is 35.5. The third kappa shape index (κ3) is 5.61. The lowest BCUT2D eigenvalue weighted by atomic mass is 10.1. The Morgan fingerprint density at radius 3 is 2.49 bits per heavy atom. The fraction of sp³-hybridized carbons (Fsp3) is 0.214. The second-order valence-corrected chi connectivity index (χ2v) is 11.3. The molecule has 0 unspecified atom stereocenters. The number of rotatable bonds is 6. The molecule has 1 aliphatic rings. The largest absolute Gasteiger partial charge is 0.336 e. The number of amides is 1. The van der Waals surface area contributed by atoms with E-state index in [2.05, 4.69) is 20.7 Å². The van der Waals surface area contributed by atoms with Crippen molar-refractivity contribution in [2.75, 3.05) is 30.9 Å². The minimum absolute atomic E-state index is 0.0573. The average molecular weight is 535 g/mol. The first-order valence-electron chi connectivity index (χ1n) is 12.0. The number of hydrogen-bond donors (Lipinski definition) is 1. The SMILES string of the molecule is Cc1cc(C(=O)N2CCN(Cc3cccc(Cl)c3)CC2)ccc1NS(=O)(=O)c1cccc2cccnc12. The van der Waals surface area contributed by atoms with Gasteiger partial charge in [-0.05, 0) is 60.5 Å². The number of nitrogens with zero attached hydrogens (tertiary/aromatic N) is 3. The van der Waals surface area contributed by atoms with E-state index < -0.39 is 10.0 Å². The smallest absolute Gasteiger partial charge is 0.264 e. The predicted molar refractivity (Wildman–Crippen MR) is 146 cm³/mol. The minimum Gasteiger partial charge on any atom is -0.336 e. The maximum atomic E-state index is 13.2. The summed E-state index contributed by atoms with van der Waals surface area (Å²) >= 11 is 6.10. The zero-order chi connectivity index (χ0) is 26.0. The molecule has 2 heterocycles. The van der Waals surface area contributed by atoms with Gasteiger partial charge in [0.05, 0.1) is 11.2 Å². The molecule has 0 bridgehead atoms. The van der Waals surface area contributed by atoms with Crippen LogP contribution in [0, 0.1) is 6.92 Å². The highest BCUT2D eigenvalue weighted by Crippen LogP contribution is 2.26. The Morgan fingerprint density at radius 1 is 0.973 bits per heavy atom. The van der Waals surface area contributed by atoms with Crippen LogP contribution in [0.1, 0.15) is 21.5 Å². The molecule has 0 atom stereocenters. The van der Waals surface area contributed by atoms with E-state index in [4.69, 9.17) is 11.6 Å². The number of aromatic nitrogens is 1. The summed E-state index contributed by atoms with van der Waals surface area (Å²) in [6.07, 6.45) is 1.57. The van der Waals surface area contributed by atoms with Gasteiger partial charge in [-0.15, -0.1) is 0 Å². The van der Waals surface area contributed by atoms with E-state index in [1.807, 2.05) is 35.2 Å². The van der Waals surface area contributed by atoms with Gasteiger partial charge in [0.1, 0.15) is 4.90 Å². The van der Waals surface area contributed by atoms with E-state index in [-0.39, 0.29) is 10.8 Å². The number of pyridine rings is 1. The normalized spacial score (nSPS) is 14.6. The molecule has 0 saturated carbocycles. The number of halogens is 1. The topological polar surface area (TPSA) is 82.6 Å². The Morgan fingerprint density at radius 2 is 1.73 bits per heavy atom. The van der Waals surface area contributed by atoms with E-state index in [1.165, 1.54) is 6.07 Å². The fourth-order valence-corrected chi connectivity index (χ4v) is 6.11. The van der Waals surface area contributed by atoms with E-state index in [0.29, 0.717) is 35.4 Å². The van der Waals surface area contributed by atoms with Crippen LogP contribution in [0.25, 0.3) is 10.9 Å². The summed E-state index contributed by atoms with van der Waals surface area (Å²) < 4.78 is 29.0. The summed E-state index contributed by atoms with van der Waals surface area (Å²) in [5.41, 5.74) is 3.20. The molecule has 4 aromatic rings. The summed E-state index contributed by atoms with van der Waals surface area (Å²) in [7, 11) is -3.87. The number of benzene rings is 3. The van der Waals surface area contributed by atoms with Crippen molar-refractivity contribution in [2.45, 2.75) is 18.4 Å². The molecular weight excluding hydrogens is 508 g/mol. The number of sulfonamides is 1. The molecule has 7 nitrogen and oxygen atoms in total. The molecule has 3 aromatic carbocycles. The molecule has 1 fully saturated rings. The molecule has 1 saturated heterocycles. The molecule has 0 aliphatic carbocycles. The summed E-state index contributed by atoms with van der Waals surface area (Å²) in [4.78, 5) is 21.7. The fourth-order valence-electron chi connectivity index (χ4n) is 4.59. The monoisotopic (exact) mass is 534 g/mol. The van der Waals surface area contributed by atoms with Crippen LogP contribution in [0.3, 0.4) is 0 Å². The van der Waals surface area contributed by atoms with Gasteiger partial charge in [-0.3, -0.25) is 19.4 Å². The summed E-state index contributed by atoms with van der Waals surface area (Å²) in [6, 6.07) is 21.5. The van der Waals surface area contributed by atoms with E-state index in [9.17, 15) is 13.2 Å². The summed E-state index contributed by atoms with van der Waals surface area (Å²) in [5, 5.41) is 1.47. The van der Waals surface area contributed by atoms with Crippen molar-refractivity contribution in [3.05, 3.63) is 101 Å². The van der Waals surface area contributed by atoms with Crippen LogP contribution in [-0.4, -0.2) is 55.3 Å². The van der Waals surface area contributed by atoms with Crippen molar-refractivity contribution in [3.8, 4) is 0 Å². The van der Waals surface area contributed by atoms with Crippen LogP contribution in [0.15, 0.2) is 83.9 Å². The number of fused-ring (bicyclic) bond motifs is 1. The van der Waals surface area contributed by atoms with Crippen molar-refractivity contribution >= 4 is 44.1 Å². The number of piperazine rings is 1. The Hall–Kier alpha value is -3.46. The van der Waals surface area contributed by atoms with Gasteiger partial charge in [-0.1, -0.05) is 41.9 Å². The van der Waals surface area contributed by atoms with Gasteiger partial charge in [-0.2, -0.15) is 0 Å². The third-order valence-corrected chi connectivity index (χ3v) is 8.19. The maximum absolute atomic E-state index is 13.2. The lowest BCUT2D eigenvalue weighted by molar-refractivity contribution is 0.0628. The van der Waals surface area contributed by atoms with Crippen molar-refractivity contribution < 1.29 is 13.2 Å². The van der Waals surface area contributed by atoms with Crippen molar-refractivity contribution in [1.29, 1.82) is 0 Å². The quantitative estimate of drug-likeness (QED) is 0.378. The Balaban J connectivity index is 1.25. The highest BCUT2D eigenvalue weighted by Gasteiger charge is 2.24. The zero-order valence-electron chi connectivity index (χ0n) is 20.4. The molecule has 0 radical (unpaired) electrons. The number of nitrogens with one attached hydrogen (secondary N) is 1. The Bertz CT molecular complexity index is 1560. The standard InChI is InChI=1S/C28H27ClN4O3S/c1-20-17-23(28(34)33-15-13-32(14-16-33)19-21-5-2-8-24(29)18-21)10-11-25(20)31-37(35,36)26-9-3-6-22-7-4-12-30-27(22)26/h2-12,17-18,31H,13-16,19H2,1H3. The lowest BCUT2D eigenvalue weighted by Gasteiger charge is -2.35. The first-order valence-corrected chi connectivity index (χ1v) is 13.9. The van der Waals surface area contributed by atoms with E-state index in [0.717, 1.165) is 35.6 Å². The first-order chi connectivity index (χ1) is 17.8. The van der Waals surface area contributed by atoms with Crippen LogP contribution < -0.4 is 4.72 Å². The molecule has 1 amide bonds. The van der Waals surface area contributed by atoms with Gasteiger partial charge in [0.2, 0.25) is 0 Å². The molecule has 9 heteroatoms. The summed E-state index contributed by atoms with van der Waals surface area (Å²) in [6.45, 7) is 5.38. The van der Waals surface area contributed by atoms with Crippen LogP contribution in [-0.2, 0) is 16.6 Å². The molecule has 5 rings (SSSR count). The number of carbonyl (C=O) groups is 1. The van der Waals surface area contributed by atoms with E-state index >= 15 is 0 Å². The summed E-state index contributed by atoms with van der Waals surface area (Å²) in [5.74, 6) is -0.0573.